The molecule has 0 saturated carbocycles. The van der Waals surface area contributed by atoms with E-state index in [0.29, 0.717) is 64.0 Å². The summed E-state index contributed by atoms with van der Waals surface area (Å²) in [6.07, 6.45) is 4.06. The predicted molar refractivity (Wildman–Crippen MR) is 137 cm³/mol. The van der Waals surface area contributed by atoms with Gasteiger partial charge in [-0.1, -0.05) is 0 Å². The van der Waals surface area contributed by atoms with Gasteiger partial charge in [-0.3, -0.25) is 9.97 Å². The Morgan fingerprint density at radius 2 is 1.41 bits per heavy atom. The lowest BCUT2D eigenvalue weighted by Crippen LogP contribution is -2.14. The zero-order valence-corrected chi connectivity index (χ0v) is 20.8. The quantitative estimate of drug-likeness (QED) is 0.182. The van der Waals surface area contributed by atoms with E-state index in [4.69, 9.17) is 26.8 Å². The highest BCUT2D eigenvalue weighted by molar-refractivity contribution is 6.34. The van der Waals surface area contributed by atoms with Crippen LogP contribution in [-0.2, 0) is 9.47 Å². The molecule has 0 spiro atoms. The van der Waals surface area contributed by atoms with E-state index < -0.39 is 11.9 Å². The van der Waals surface area contributed by atoms with Gasteiger partial charge in [0, 0.05) is 18.0 Å². The second kappa shape index (κ2) is 11.6. The summed E-state index contributed by atoms with van der Waals surface area (Å²) in [5.41, 5.74) is 4.03. The van der Waals surface area contributed by atoms with Crippen molar-refractivity contribution in [3.8, 4) is 11.8 Å². The molecule has 4 rings (SSSR count). The van der Waals surface area contributed by atoms with Crippen LogP contribution in [0.2, 0.25) is 0 Å². The largest absolute Gasteiger partial charge is 0.481 e. The maximum atomic E-state index is 12.4. The molecule has 37 heavy (non-hydrogen) atoms. The summed E-state index contributed by atoms with van der Waals surface area (Å²) in [6, 6.07) is 6.70. The maximum absolute atomic E-state index is 12.4. The Morgan fingerprint density at radius 3 is 2.05 bits per heavy atom. The number of rotatable bonds is 10. The Labute approximate surface area is 214 Å². The molecule has 11 heteroatoms. The third-order valence-corrected chi connectivity index (χ3v) is 5.42. The van der Waals surface area contributed by atoms with Crippen molar-refractivity contribution in [2.45, 2.75) is 26.7 Å². The summed E-state index contributed by atoms with van der Waals surface area (Å²) in [4.78, 5) is 41.7. The number of esters is 2. The van der Waals surface area contributed by atoms with E-state index >= 15 is 0 Å². The van der Waals surface area contributed by atoms with Gasteiger partial charge in [0.15, 0.2) is 0 Å². The molecule has 2 radical (unpaired) electrons. The van der Waals surface area contributed by atoms with Crippen molar-refractivity contribution in [2.24, 2.45) is 0 Å². The molecule has 0 unspecified atom stereocenters. The van der Waals surface area contributed by atoms with Crippen LogP contribution in [0, 0.1) is 6.92 Å². The molecule has 0 aliphatic heterocycles. The maximum Gasteiger partial charge on any atom is 0.339 e. The van der Waals surface area contributed by atoms with E-state index in [1.165, 1.54) is 12.4 Å². The normalized spacial score (nSPS) is 10.9. The Hall–Kier alpha value is -4.28. The van der Waals surface area contributed by atoms with E-state index in [9.17, 15) is 9.59 Å². The summed E-state index contributed by atoms with van der Waals surface area (Å²) in [5.74, 6) is -0.232. The molecular weight excluding hydrogens is 475 g/mol. The van der Waals surface area contributed by atoms with Crippen molar-refractivity contribution >= 4 is 47.3 Å². The first kappa shape index (κ1) is 25.8. The molecule has 0 fully saturated rings. The van der Waals surface area contributed by atoms with E-state index in [2.05, 4.69) is 19.9 Å². The Kier molecular flexibility index (Phi) is 8.12. The number of aryl methyl sites for hydroxylation is 1. The van der Waals surface area contributed by atoms with Gasteiger partial charge in [-0.25, -0.2) is 19.6 Å². The minimum Gasteiger partial charge on any atom is -0.481 e. The van der Waals surface area contributed by atoms with Gasteiger partial charge in [0.2, 0.25) is 11.8 Å². The third kappa shape index (κ3) is 6.11. The van der Waals surface area contributed by atoms with E-state index in [-0.39, 0.29) is 19.1 Å². The monoisotopic (exact) mass is 500 g/mol. The molecule has 10 nitrogen and oxygen atoms in total. The number of ether oxygens (including phenoxy) is 4. The molecule has 0 bridgehead atoms. The first-order chi connectivity index (χ1) is 17.9. The summed E-state index contributed by atoms with van der Waals surface area (Å²) in [7, 11) is 7.58. The van der Waals surface area contributed by atoms with Crippen molar-refractivity contribution < 1.29 is 28.5 Å². The number of hydrogen-bond acceptors (Lipinski definition) is 10. The predicted octanol–water partition coefficient (Wildman–Crippen LogP) is 2.88. The number of methoxy groups -OCH3 is 1. The summed E-state index contributed by atoms with van der Waals surface area (Å²) < 4.78 is 21.3. The molecule has 4 aromatic rings. The number of aromatic nitrogens is 4. The second-order valence-corrected chi connectivity index (χ2v) is 8.13. The van der Waals surface area contributed by atoms with Crippen LogP contribution in [-0.4, -0.2) is 66.7 Å². The molecule has 4 heterocycles. The number of pyridine rings is 4. The number of hydrogen-bond donors (Lipinski definition) is 0. The lowest BCUT2D eigenvalue weighted by Gasteiger charge is -2.10. The van der Waals surface area contributed by atoms with Crippen molar-refractivity contribution in [1.29, 1.82) is 0 Å². The fourth-order valence-electron chi connectivity index (χ4n) is 3.56. The Bertz CT molecular complexity index is 1460. The van der Waals surface area contributed by atoms with E-state index in [0.717, 1.165) is 5.56 Å². The van der Waals surface area contributed by atoms with Crippen molar-refractivity contribution in [3.63, 3.8) is 0 Å². The summed E-state index contributed by atoms with van der Waals surface area (Å²) in [6.45, 7) is 4.39. The number of unbranched alkanes of at least 4 members (excludes halogenated alkanes) is 1. The van der Waals surface area contributed by atoms with Crippen LogP contribution in [0.3, 0.4) is 0 Å². The highest BCUT2D eigenvalue weighted by Crippen LogP contribution is 2.21. The number of carbonyl (C=O) groups is 2. The van der Waals surface area contributed by atoms with Crippen LogP contribution in [0.15, 0.2) is 36.7 Å². The fraction of sp³-hybridized carbons (Fsp3) is 0.308. The van der Waals surface area contributed by atoms with Crippen LogP contribution in [0.25, 0.3) is 22.1 Å². The SMILES string of the molecule is [B]c1cc2ncc(C(=O)OCC)cc2nc1OCCCCOC(=O)c1cnc2cc(C)c(OC)nc2c1. The number of nitrogens with zero attached hydrogens (tertiary/aromatic N) is 4. The molecular formula is C26H25BN4O6. The smallest absolute Gasteiger partial charge is 0.339 e. The van der Waals surface area contributed by atoms with Gasteiger partial charge >= 0.3 is 11.9 Å². The number of fused-ring (bicyclic) bond motifs is 2. The molecule has 0 saturated heterocycles. The van der Waals surface area contributed by atoms with Gasteiger partial charge < -0.3 is 18.9 Å². The lowest BCUT2D eigenvalue weighted by atomic mass is 9.97. The average molecular weight is 500 g/mol. The van der Waals surface area contributed by atoms with Gasteiger partial charge in [-0.2, -0.15) is 0 Å². The first-order valence-electron chi connectivity index (χ1n) is 11.7. The van der Waals surface area contributed by atoms with Crippen molar-refractivity contribution in [1.82, 2.24) is 19.9 Å². The lowest BCUT2D eigenvalue weighted by molar-refractivity contribution is 0.0491. The van der Waals surface area contributed by atoms with Crippen molar-refractivity contribution in [3.05, 3.63) is 53.3 Å². The molecule has 0 aliphatic carbocycles. The van der Waals surface area contributed by atoms with Gasteiger partial charge in [0.05, 0.1) is 60.1 Å². The molecule has 0 atom stereocenters. The molecule has 0 aromatic carbocycles. The van der Waals surface area contributed by atoms with Gasteiger partial charge in [0.25, 0.3) is 0 Å². The van der Waals surface area contributed by atoms with Gasteiger partial charge in [-0.05, 0) is 56.4 Å². The van der Waals surface area contributed by atoms with Crippen LogP contribution in [0.1, 0.15) is 46.0 Å². The highest BCUT2D eigenvalue weighted by atomic mass is 16.5. The highest BCUT2D eigenvalue weighted by Gasteiger charge is 2.13. The second-order valence-electron chi connectivity index (χ2n) is 8.13. The Morgan fingerprint density at radius 1 is 0.811 bits per heavy atom. The standard InChI is InChI=1S/C26H25BN4O6/c1-4-35-25(32)16-10-22-20(29-13-16)12-18(27)24(31-22)36-7-5-6-8-37-26(33)17-11-21-19(28-14-17)9-15(2)23(30-21)34-3/h9-14H,4-8H2,1-3H3. The van der Waals surface area contributed by atoms with E-state index in [1.54, 1.807) is 32.2 Å². The fourth-order valence-corrected chi connectivity index (χ4v) is 3.56. The van der Waals surface area contributed by atoms with Crippen LogP contribution >= 0.6 is 0 Å². The molecule has 4 aromatic heterocycles. The first-order valence-corrected chi connectivity index (χ1v) is 11.7. The number of carbonyl (C=O) groups excluding carboxylic acids is 2. The topological polar surface area (TPSA) is 123 Å². The average Bonchev–Trinajstić information content (AvgIpc) is 2.89. The molecule has 188 valence electrons. The third-order valence-electron chi connectivity index (χ3n) is 5.42. The van der Waals surface area contributed by atoms with Crippen LogP contribution < -0.4 is 14.9 Å². The van der Waals surface area contributed by atoms with Gasteiger partial charge in [0.1, 0.15) is 7.85 Å². The van der Waals surface area contributed by atoms with Crippen LogP contribution in [0.4, 0.5) is 0 Å². The molecule has 0 amide bonds. The van der Waals surface area contributed by atoms with Crippen molar-refractivity contribution in [2.75, 3.05) is 26.9 Å². The zero-order valence-electron chi connectivity index (χ0n) is 20.8. The van der Waals surface area contributed by atoms with E-state index in [1.807, 2.05) is 13.0 Å². The summed E-state index contributed by atoms with van der Waals surface area (Å²) >= 11 is 0. The minimum absolute atomic E-state index is 0.207. The Balaban J connectivity index is 1.28. The van der Waals surface area contributed by atoms with Crippen LogP contribution in [0.5, 0.6) is 11.8 Å². The summed E-state index contributed by atoms with van der Waals surface area (Å²) in [5, 5.41) is 0. The van der Waals surface area contributed by atoms with Gasteiger partial charge in [-0.15, -0.1) is 0 Å². The zero-order chi connectivity index (χ0) is 26.4. The molecule has 0 N–H and O–H groups in total. The molecule has 0 aliphatic rings. The minimum atomic E-state index is -0.484.